The third-order valence-corrected chi connectivity index (χ3v) is 5.44. The van der Waals surface area contributed by atoms with E-state index in [0.29, 0.717) is 28.5 Å². The maximum Gasteiger partial charge on any atom is 0.280 e. The van der Waals surface area contributed by atoms with Crippen molar-refractivity contribution >= 4 is 17.2 Å². The van der Waals surface area contributed by atoms with Gasteiger partial charge in [-0.1, -0.05) is 18.2 Å². The first-order valence-electron chi connectivity index (χ1n) is 11.0. The van der Waals surface area contributed by atoms with E-state index in [1.165, 1.54) is 19.4 Å². The Hall–Kier alpha value is -4.79. The fourth-order valence-electron chi connectivity index (χ4n) is 3.64. The number of halogens is 2. The molecule has 0 saturated carbocycles. The number of benzene rings is 3. The number of nitrogens with zero attached hydrogens (tertiary/aromatic N) is 3. The van der Waals surface area contributed by atoms with Gasteiger partial charge in [-0.05, 0) is 66.7 Å². The van der Waals surface area contributed by atoms with Crippen LogP contribution >= 0.6 is 0 Å². The number of hydrogen-bond acceptors (Lipinski definition) is 5. The fraction of sp³-hybridized carbons (Fsp3) is 0.0741. The van der Waals surface area contributed by atoms with Gasteiger partial charge in [0.05, 0.1) is 19.0 Å². The number of nitrogens with one attached hydrogen (secondary N) is 1. The molecule has 0 aliphatic heterocycles. The van der Waals surface area contributed by atoms with Gasteiger partial charge < -0.3 is 14.8 Å². The molecule has 0 unspecified atom stereocenters. The molecule has 2 heterocycles. The Balaban J connectivity index is 1.42. The topological polar surface area (TPSA) is 77.8 Å². The molecule has 0 saturated heterocycles. The van der Waals surface area contributed by atoms with E-state index in [1.54, 1.807) is 48.5 Å². The van der Waals surface area contributed by atoms with E-state index in [1.807, 2.05) is 30.3 Å². The van der Waals surface area contributed by atoms with Crippen LogP contribution in [-0.2, 0) is 0 Å². The third-order valence-electron chi connectivity index (χ3n) is 5.44. The number of para-hydroxylation sites is 1. The Kier molecular flexibility index (Phi) is 6.27. The van der Waals surface area contributed by atoms with Crippen LogP contribution in [0.2, 0.25) is 0 Å². The Morgan fingerprint density at radius 3 is 2.25 bits per heavy atom. The van der Waals surface area contributed by atoms with E-state index in [0.717, 1.165) is 4.52 Å². The van der Waals surface area contributed by atoms with Gasteiger partial charge in [0.25, 0.3) is 12.3 Å². The number of ether oxygens (including phenoxy) is 2. The van der Waals surface area contributed by atoms with Crippen LogP contribution in [0.4, 0.5) is 14.5 Å². The van der Waals surface area contributed by atoms with Gasteiger partial charge in [-0.15, -0.1) is 0 Å². The first-order chi connectivity index (χ1) is 17.5. The van der Waals surface area contributed by atoms with Crippen LogP contribution in [0.15, 0.2) is 91.1 Å². The quantitative estimate of drug-likeness (QED) is 0.289. The van der Waals surface area contributed by atoms with E-state index in [2.05, 4.69) is 15.4 Å². The number of amides is 1. The molecule has 0 atom stereocenters. The summed E-state index contributed by atoms with van der Waals surface area (Å²) in [4.78, 5) is 17.5. The molecule has 1 N–H and O–H groups in total. The number of rotatable bonds is 7. The van der Waals surface area contributed by atoms with Gasteiger partial charge in [-0.3, -0.25) is 4.79 Å². The average molecular weight is 486 g/mol. The minimum Gasteiger partial charge on any atom is -0.497 e. The minimum atomic E-state index is -2.82. The fourth-order valence-corrected chi connectivity index (χ4v) is 3.64. The lowest BCUT2D eigenvalue weighted by Gasteiger charge is -2.10. The van der Waals surface area contributed by atoms with E-state index < -0.39 is 12.3 Å². The number of carbonyl (C=O) groups excluding carboxylic acids is 1. The predicted octanol–water partition coefficient (Wildman–Crippen LogP) is 6.39. The predicted molar refractivity (Wildman–Crippen MR) is 131 cm³/mol. The van der Waals surface area contributed by atoms with Crippen molar-refractivity contribution in [2.24, 2.45) is 0 Å². The van der Waals surface area contributed by atoms with E-state index in [9.17, 15) is 13.6 Å². The molecular formula is C27H20F2N4O3. The first-order valence-corrected chi connectivity index (χ1v) is 11.0. The summed E-state index contributed by atoms with van der Waals surface area (Å²) in [6, 6.07) is 24.2. The maximum absolute atomic E-state index is 13.8. The van der Waals surface area contributed by atoms with Crippen molar-refractivity contribution in [3.8, 4) is 28.5 Å². The van der Waals surface area contributed by atoms with Crippen LogP contribution in [0, 0.1) is 0 Å². The summed E-state index contributed by atoms with van der Waals surface area (Å²) in [5, 5.41) is 6.76. The monoisotopic (exact) mass is 486 g/mol. The zero-order valence-corrected chi connectivity index (χ0v) is 19.1. The van der Waals surface area contributed by atoms with Crippen molar-refractivity contribution in [2.45, 2.75) is 6.43 Å². The lowest BCUT2D eigenvalue weighted by atomic mass is 10.1. The van der Waals surface area contributed by atoms with Crippen LogP contribution in [0.3, 0.4) is 0 Å². The summed E-state index contributed by atoms with van der Waals surface area (Å²) in [6.07, 6.45) is -1.59. The van der Waals surface area contributed by atoms with Gasteiger partial charge in [0.1, 0.15) is 28.5 Å². The Bertz CT molecular complexity index is 1500. The van der Waals surface area contributed by atoms with Crippen LogP contribution in [0.25, 0.3) is 16.9 Å². The highest BCUT2D eigenvalue weighted by Gasteiger charge is 2.21. The van der Waals surface area contributed by atoms with E-state index in [4.69, 9.17) is 9.47 Å². The molecule has 0 bridgehead atoms. The van der Waals surface area contributed by atoms with Crippen LogP contribution in [0.5, 0.6) is 17.2 Å². The normalized spacial score (nSPS) is 11.0. The number of anilines is 1. The van der Waals surface area contributed by atoms with Crippen LogP contribution < -0.4 is 14.8 Å². The highest BCUT2D eigenvalue weighted by atomic mass is 19.3. The van der Waals surface area contributed by atoms with Crippen molar-refractivity contribution in [1.29, 1.82) is 0 Å². The molecule has 5 aromatic rings. The maximum atomic E-state index is 13.8. The molecule has 0 spiro atoms. The summed E-state index contributed by atoms with van der Waals surface area (Å²) in [7, 11) is 1.54. The third kappa shape index (κ3) is 4.72. The highest BCUT2D eigenvalue weighted by Crippen LogP contribution is 2.28. The highest BCUT2D eigenvalue weighted by molar-refractivity contribution is 6.08. The summed E-state index contributed by atoms with van der Waals surface area (Å²) < 4.78 is 39.6. The SMILES string of the molecule is COc1ccc(-c2cc(C(F)F)n3ncc(C(=O)Nc4ccc(Oc5ccccc5)cc4)c3n2)cc1. The van der Waals surface area contributed by atoms with Gasteiger partial charge in [-0.25, -0.2) is 18.3 Å². The summed E-state index contributed by atoms with van der Waals surface area (Å²) >= 11 is 0. The number of methoxy groups -OCH3 is 1. The lowest BCUT2D eigenvalue weighted by molar-refractivity contribution is 0.102. The molecule has 3 aromatic carbocycles. The number of carbonyl (C=O) groups is 1. The Morgan fingerprint density at radius 1 is 0.917 bits per heavy atom. The van der Waals surface area contributed by atoms with Gasteiger partial charge in [0.15, 0.2) is 5.65 Å². The zero-order valence-electron chi connectivity index (χ0n) is 19.1. The van der Waals surface area contributed by atoms with Crippen LogP contribution in [0.1, 0.15) is 22.5 Å². The molecule has 0 aliphatic rings. The van der Waals surface area contributed by atoms with E-state index in [-0.39, 0.29) is 22.6 Å². The molecule has 2 aromatic heterocycles. The summed E-state index contributed by atoms with van der Waals surface area (Å²) in [5.41, 5.74) is 1.11. The summed E-state index contributed by atoms with van der Waals surface area (Å²) in [6.45, 7) is 0. The number of fused-ring (bicyclic) bond motifs is 1. The number of hydrogen-bond donors (Lipinski definition) is 1. The molecular weight excluding hydrogens is 466 g/mol. The van der Waals surface area contributed by atoms with Gasteiger partial charge in [0.2, 0.25) is 0 Å². The van der Waals surface area contributed by atoms with Crippen molar-refractivity contribution < 1.29 is 23.0 Å². The largest absolute Gasteiger partial charge is 0.497 e. The van der Waals surface area contributed by atoms with Crippen molar-refractivity contribution in [3.63, 3.8) is 0 Å². The van der Waals surface area contributed by atoms with Crippen molar-refractivity contribution in [2.75, 3.05) is 12.4 Å². The minimum absolute atomic E-state index is 0.0279. The number of alkyl halides is 2. The number of aromatic nitrogens is 3. The Labute approximate surface area is 204 Å². The molecule has 0 aliphatic carbocycles. The molecule has 7 nitrogen and oxygen atoms in total. The summed E-state index contributed by atoms with van der Waals surface area (Å²) in [5.74, 6) is 1.39. The second kappa shape index (κ2) is 9.83. The zero-order chi connectivity index (χ0) is 25.1. The van der Waals surface area contributed by atoms with Gasteiger partial charge >= 0.3 is 0 Å². The van der Waals surface area contributed by atoms with Gasteiger partial charge in [-0.2, -0.15) is 5.10 Å². The smallest absolute Gasteiger partial charge is 0.280 e. The van der Waals surface area contributed by atoms with Crippen LogP contribution in [-0.4, -0.2) is 27.6 Å². The first kappa shape index (κ1) is 23.0. The molecule has 180 valence electrons. The van der Waals surface area contributed by atoms with Gasteiger partial charge in [0, 0.05) is 11.3 Å². The average Bonchev–Trinajstić information content (AvgIpc) is 3.34. The van der Waals surface area contributed by atoms with Crippen molar-refractivity contribution in [3.05, 3.63) is 102 Å². The van der Waals surface area contributed by atoms with Crippen molar-refractivity contribution in [1.82, 2.24) is 14.6 Å². The van der Waals surface area contributed by atoms with E-state index >= 15 is 0 Å². The molecule has 36 heavy (non-hydrogen) atoms. The second-order valence-electron chi connectivity index (χ2n) is 7.78. The molecule has 0 radical (unpaired) electrons. The molecule has 9 heteroatoms. The molecule has 5 rings (SSSR count). The lowest BCUT2D eigenvalue weighted by Crippen LogP contribution is -2.12. The Morgan fingerprint density at radius 2 is 1.58 bits per heavy atom. The standard InChI is InChI=1S/C27H20F2N4O3/c1-35-19-11-7-17(8-12-19)23-15-24(25(28)29)33-26(32-23)22(16-30-33)27(34)31-18-9-13-21(14-10-18)36-20-5-3-2-4-6-20/h2-16,25H,1H3,(H,31,34). The molecule has 1 amide bonds. The molecule has 0 fully saturated rings. The second-order valence-corrected chi connectivity index (χ2v) is 7.78.